The highest BCUT2D eigenvalue weighted by Gasteiger charge is 2.20. The molecule has 0 saturated heterocycles. The molecule has 29 heavy (non-hydrogen) atoms. The van der Waals surface area contributed by atoms with E-state index in [1.165, 1.54) is 0 Å². The number of imidazole rings is 1. The Morgan fingerprint density at radius 2 is 1.97 bits per heavy atom. The minimum Gasteiger partial charge on any atom is -0.349 e. The summed E-state index contributed by atoms with van der Waals surface area (Å²) in [5.74, 6) is 0.970. The first-order valence-corrected chi connectivity index (χ1v) is 9.86. The largest absolute Gasteiger partial charge is 0.349 e. The van der Waals surface area contributed by atoms with Gasteiger partial charge in [-0.3, -0.25) is 14.2 Å². The highest BCUT2D eigenvalue weighted by Crippen LogP contribution is 2.24. The maximum absolute atomic E-state index is 12.9. The van der Waals surface area contributed by atoms with Crippen molar-refractivity contribution >= 4 is 11.4 Å². The third-order valence-corrected chi connectivity index (χ3v) is 5.22. The third-order valence-electron chi connectivity index (χ3n) is 5.22. The van der Waals surface area contributed by atoms with Crippen LogP contribution < -0.4 is 5.32 Å². The van der Waals surface area contributed by atoms with E-state index in [0.29, 0.717) is 11.6 Å². The highest BCUT2D eigenvalue weighted by atomic mass is 16.2. The van der Waals surface area contributed by atoms with E-state index in [-0.39, 0.29) is 11.9 Å². The molecule has 4 heterocycles. The van der Waals surface area contributed by atoms with E-state index in [9.17, 15) is 4.79 Å². The van der Waals surface area contributed by atoms with Gasteiger partial charge in [0.1, 0.15) is 5.82 Å². The van der Waals surface area contributed by atoms with E-state index in [4.69, 9.17) is 4.98 Å². The highest BCUT2D eigenvalue weighted by molar-refractivity contribution is 6.00. The van der Waals surface area contributed by atoms with Gasteiger partial charge in [-0.2, -0.15) is 0 Å². The number of hydrogen-bond donors (Lipinski definition) is 1. The van der Waals surface area contributed by atoms with E-state index in [2.05, 4.69) is 34.8 Å². The summed E-state index contributed by atoms with van der Waals surface area (Å²) in [7, 11) is 0. The second-order valence-corrected chi connectivity index (χ2v) is 7.68. The van der Waals surface area contributed by atoms with Crippen molar-refractivity contribution < 1.29 is 4.79 Å². The van der Waals surface area contributed by atoms with Crippen molar-refractivity contribution in [2.45, 2.75) is 33.4 Å². The van der Waals surface area contributed by atoms with Gasteiger partial charge in [0, 0.05) is 49.1 Å². The van der Waals surface area contributed by atoms with Gasteiger partial charge in [-0.05, 0) is 42.7 Å². The Labute approximate surface area is 170 Å². The molecule has 1 atom stereocenters. The van der Waals surface area contributed by atoms with Crippen LogP contribution in [0.4, 0.5) is 0 Å². The van der Waals surface area contributed by atoms with Crippen molar-refractivity contribution in [3.05, 3.63) is 78.6 Å². The molecular weight excluding hydrogens is 362 g/mol. The number of amides is 1. The van der Waals surface area contributed by atoms with Crippen LogP contribution in [-0.4, -0.2) is 30.9 Å². The average Bonchev–Trinajstić information content (AvgIpc) is 3.33. The number of fused-ring (bicyclic) bond motifs is 1. The van der Waals surface area contributed by atoms with Crippen LogP contribution in [0.2, 0.25) is 0 Å². The summed E-state index contributed by atoms with van der Waals surface area (Å²) >= 11 is 0. The minimum absolute atomic E-state index is 0.0759. The zero-order chi connectivity index (χ0) is 20.4. The van der Waals surface area contributed by atoms with Crippen LogP contribution in [0.3, 0.4) is 0 Å². The maximum atomic E-state index is 12.9. The molecule has 0 fully saturated rings. The van der Waals surface area contributed by atoms with Gasteiger partial charge in [0.15, 0.2) is 5.69 Å². The van der Waals surface area contributed by atoms with Gasteiger partial charge in [-0.1, -0.05) is 26.0 Å². The Hall–Kier alpha value is -3.41. The number of rotatable bonds is 6. The van der Waals surface area contributed by atoms with Crippen molar-refractivity contribution in [3.63, 3.8) is 0 Å². The fourth-order valence-electron chi connectivity index (χ4n) is 3.22. The van der Waals surface area contributed by atoms with Crippen LogP contribution in [0.25, 0.3) is 16.9 Å². The van der Waals surface area contributed by atoms with Crippen LogP contribution >= 0.6 is 0 Å². The van der Waals surface area contributed by atoms with E-state index < -0.39 is 0 Å². The molecule has 6 heteroatoms. The second kappa shape index (κ2) is 7.91. The van der Waals surface area contributed by atoms with Gasteiger partial charge in [0.05, 0.1) is 5.52 Å². The van der Waals surface area contributed by atoms with Gasteiger partial charge >= 0.3 is 0 Å². The first-order chi connectivity index (χ1) is 14.0. The summed E-state index contributed by atoms with van der Waals surface area (Å²) in [5.41, 5.74) is 3.35. The Kier molecular flexibility index (Phi) is 5.16. The molecular formula is C23H25N5O. The van der Waals surface area contributed by atoms with Crippen molar-refractivity contribution in [1.29, 1.82) is 0 Å². The van der Waals surface area contributed by atoms with Crippen LogP contribution in [0.1, 0.15) is 36.8 Å². The molecule has 0 aliphatic carbocycles. The van der Waals surface area contributed by atoms with Crippen molar-refractivity contribution in [2.24, 2.45) is 5.92 Å². The van der Waals surface area contributed by atoms with Gasteiger partial charge in [0.2, 0.25) is 0 Å². The van der Waals surface area contributed by atoms with Crippen LogP contribution in [0, 0.1) is 5.92 Å². The zero-order valence-corrected chi connectivity index (χ0v) is 16.9. The minimum atomic E-state index is -0.143. The zero-order valence-electron chi connectivity index (χ0n) is 16.9. The average molecular weight is 387 g/mol. The fraction of sp³-hybridized carbons (Fsp3) is 0.261. The monoisotopic (exact) mass is 387 g/mol. The Morgan fingerprint density at radius 1 is 1.10 bits per heavy atom. The van der Waals surface area contributed by atoms with Gasteiger partial charge < -0.3 is 9.88 Å². The standard InChI is InChI=1S/C23H25N5O/c1-16(2)17(3)25-23(29)21-20-8-4-5-11-28(20)22(26-21)19-9-12-27(15-19)14-18-7-6-10-24-13-18/h4-13,15-17H,14H2,1-3H3,(H,25,29)/t17-/m0/s1. The van der Waals surface area contributed by atoms with Gasteiger partial charge in [0.25, 0.3) is 5.91 Å². The molecule has 0 radical (unpaired) electrons. The number of carbonyl (C=O) groups is 1. The lowest BCUT2D eigenvalue weighted by atomic mass is 10.1. The predicted molar refractivity (Wildman–Crippen MR) is 114 cm³/mol. The van der Waals surface area contributed by atoms with Crippen LogP contribution in [-0.2, 0) is 6.54 Å². The molecule has 0 aromatic carbocycles. The lowest BCUT2D eigenvalue weighted by Crippen LogP contribution is -2.36. The summed E-state index contributed by atoms with van der Waals surface area (Å²) in [6.45, 7) is 6.93. The summed E-state index contributed by atoms with van der Waals surface area (Å²) in [6.07, 6.45) is 9.65. The first kappa shape index (κ1) is 18.9. The van der Waals surface area contributed by atoms with E-state index in [0.717, 1.165) is 29.0 Å². The van der Waals surface area contributed by atoms with Crippen molar-refractivity contribution in [2.75, 3.05) is 0 Å². The second-order valence-electron chi connectivity index (χ2n) is 7.68. The lowest BCUT2D eigenvalue weighted by molar-refractivity contribution is 0.0927. The molecule has 1 amide bonds. The number of nitrogens with one attached hydrogen (secondary N) is 1. The SMILES string of the molecule is CC(C)[C@H](C)NC(=O)c1nc(-c2ccn(Cc3cccnc3)c2)n2ccccc12. The predicted octanol–water partition coefficient (Wildman–Crippen LogP) is 4.02. The van der Waals surface area contributed by atoms with Crippen molar-refractivity contribution in [3.8, 4) is 11.4 Å². The molecule has 4 aromatic rings. The topological polar surface area (TPSA) is 64.2 Å². The molecule has 0 aliphatic rings. The number of aromatic nitrogens is 4. The molecule has 4 aromatic heterocycles. The van der Waals surface area contributed by atoms with E-state index in [1.807, 2.05) is 66.4 Å². The quantitative estimate of drug-likeness (QED) is 0.543. The van der Waals surface area contributed by atoms with E-state index >= 15 is 0 Å². The molecule has 6 nitrogen and oxygen atoms in total. The molecule has 148 valence electrons. The summed E-state index contributed by atoms with van der Waals surface area (Å²) in [4.78, 5) is 21.8. The molecule has 0 spiro atoms. The lowest BCUT2D eigenvalue weighted by Gasteiger charge is -2.16. The Morgan fingerprint density at radius 3 is 2.72 bits per heavy atom. The third kappa shape index (κ3) is 3.92. The fourth-order valence-corrected chi connectivity index (χ4v) is 3.22. The molecule has 1 N–H and O–H groups in total. The summed E-state index contributed by atoms with van der Waals surface area (Å²) in [6, 6.07) is 11.9. The molecule has 0 unspecified atom stereocenters. The van der Waals surface area contributed by atoms with E-state index in [1.54, 1.807) is 6.20 Å². The number of nitrogens with zero attached hydrogens (tertiary/aromatic N) is 4. The van der Waals surface area contributed by atoms with Crippen LogP contribution in [0.15, 0.2) is 67.4 Å². The van der Waals surface area contributed by atoms with Gasteiger partial charge in [-0.15, -0.1) is 0 Å². The number of pyridine rings is 2. The summed E-state index contributed by atoms with van der Waals surface area (Å²) in [5, 5.41) is 3.06. The Balaban J connectivity index is 1.67. The van der Waals surface area contributed by atoms with Gasteiger partial charge in [-0.25, -0.2) is 4.98 Å². The smallest absolute Gasteiger partial charge is 0.272 e. The first-order valence-electron chi connectivity index (χ1n) is 9.86. The molecule has 0 saturated carbocycles. The normalized spacial score (nSPS) is 12.4. The number of carbonyl (C=O) groups excluding carboxylic acids is 1. The molecule has 0 bridgehead atoms. The molecule has 4 rings (SSSR count). The summed E-state index contributed by atoms with van der Waals surface area (Å²) < 4.78 is 4.07. The Bertz CT molecular complexity index is 1130. The number of hydrogen-bond acceptors (Lipinski definition) is 3. The van der Waals surface area contributed by atoms with Crippen LogP contribution in [0.5, 0.6) is 0 Å². The molecule has 0 aliphatic heterocycles. The maximum Gasteiger partial charge on any atom is 0.272 e. The van der Waals surface area contributed by atoms with Crippen molar-refractivity contribution in [1.82, 2.24) is 24.3 Å².